The summed E-state index contributed by atoms with van der Waals surface area (Å²) in [5, 5.41) is 11.3. The van der Waals surface area contributed by atoms with E-state index in [1.165, 1.54) is 76.8 Å². The van der Waals surface area contributed by atoms with Crippen LogP contribution in [-0.2, 0) is 0 Å². The quantitative estimate of drug-likeness (QED) is 0.182. The number of hydrogen-bond donors (Lipinski definition) is 1. The number of nitrogens with one attached hydrogen (secondary N) is 1. The Morgan fingerprint density at radius 2 is 0.796 bits per heavy atom. The monoisotopic (exact) mass is 623 g/mol. The Hall–Kier alpha value is -6.44. The molecule has 1 heteroatoms. The van der Waals surface area contributed by atoms with Crippen molar-refractivity contribution in [3.05, 3.63) is 194 Å². The zero-order chi connectivity index (χ0) is 32.6. The summed E-state index contributed by atoms with van der Waals surface area (Å²) in [6.45, 7) is 0. The molecule has 230 valence electrons. The topological polar surface area (TPSA) is 12.0 Å². The Kier molecular flexibility index (Phi) is 7.22. The van der Waals surface area contributed by atoms with Crippen molar-refractivity contribution in [2.75, 3.05) is 5.32 Å². The highest BCUT2D eigenvalue weighted by Crippen LogP contribution is 2.40. The molecular formula is C48H33N. The van der Waals surface area contributed by atoms with Crippen molar-refractivity contribution in [3.63, 3.8) is 0 Å². The lowest BCUT2D eigenvalue weighted by molar-refractivity contribution is 1.53. The Balaban J connectivity index is 1.10. The van der Waals surface area contributed by atoms with E-state index in [1.54, 1.807) is 0 Å². The van der Waals surface area contributed by atoms with E-state index >= 15 is 0 Å². The highest BCUT2D eigenvalue weighted by molar-refractivity contribution is 6.16. The molecule has 0 amide bonds. The molecule has 0 radical (unpaired) electrons. The van der Waals surface area contributed by atoms with Gasteiger partial charge in [-0.15, -0.1) is 0 Å². The van der Waals surface area contributed by atoms with Gasteiger partial charge in [0.1, 0.15) is 0 Å². The molecule has 1 nitrogen and oxygen atoms in total. The molecule has 0 heterocycles. The predicted octanol–water partition coefficient (Wildman–Crippen LogP) is 13.6. The van der Waals surface area contributed by atoms with E-state index in [1.807, 2.05) is 0 Å². The fourth-order valence-corrected chi connectivity index (χ4v) is 7.24. The zero-order valence-electron chi connectivity index (χ0n) is 27.0. The van der Waals surface area contributed by atoms with Gasteiger partial charge in [0.15, 0.2) is 0 Å². The first-order valence-corrected chi connectivity index (χ1v) is 16.8. The lowest BCUT2D eigenvalue weighted by atomic mass is 9.90. The number of benzene rings is 9. The van der Waals surface area contributed by atoms with Gasteiger partial charge >= 0.3 is 0 Å². The molecule has 0 aliphatic rings. The van der Waals surface area contributed by atoms with Gasteiger partial charge in [0.2, 0.25) is 0 Å². The molecule has 1 N–H and O–H groups in total. The van der Waals surface area contributed by atoms with Crippen LogP contribution in [0.15, 0.2) is 194 Å². The molecular weight excluding hydrogens is 591 g/mol. The minimum absolute atomic E-state index is 1.05. The highest BCUT2D eigenvalue weighted by Gasteiger charge is 2.13. The second-order valence-corrected chi connectivity index (χ2v) is 12.6. The molecule has 9 aromatic carbocycles. The van der Waals surface area contributed by atoms with Crippen LogP contribution in [0, 0.1) is 0 Å². The first-order chi connectivity index (χ1) is 24.3. The van der Waals surface area contributed by atoms with E-state index in [-0.39, 0.29) is 0 Å². The van der Waals surface area contributed by atoms with Crippen molar-refractivity contribution in [3.8, 4) is 44.5 Å². The molecule has 0 spiro atoms. The standard InChI is InChI=1S/C48H33N/c1-3-12-33(13-4-1)34-22-24-36(25-23-34)47-32-40(27-28-42(47)35-14-5-2-6-15-35)49-39-26-29-43-37(30-39)17-11-21-45(43)48-31-38-16-7-8-18-41(38)44-19-9-10-20-46(44)48/h1-32,49H. The number of rotatable bonds is 6. The summed E-state index contributed by atoms with van der Waals surface area (Å²) in [6.07, 6.45) is 0. The smallest absolute Gasteiger partial charge is 0.0390 e. The van der Waals surface area contributed by atoms with Crippen LogP contribution in [0.1, 0.15) is 0 Å². The van der Waals surface area contributed by atoms with E-state index in [0.29, 0.717) is 0 Å². The van der Waals surface area contributed by atoms with Crippen LogP contribution < -0.4 is 5.32 Å². The van der Waals surface area contributed by atoms with E-state index < -0.39 is 0 Å². The van der Waals surface area contributed by atoms with Crippen molar-refractivity contribution >= 4 is 43.7 Å². The minimum Gasteiger partial charge on any atom is -0.355 e. The molecule has 0 fully saturated rings. The van der Waals surface area contributed by atoms with Crippen molar-refractivity contribution in [1.29, 1.82) is 0 Å². The number of anilines is 2. The van der Waals surface area contributed by atoms with Gasteiger partial charge in [0, 0.05) is 11.4 Å². The largest absolute Gasteiger partial charge is 0.355 e. The molecule has 9 rings (SSSR count). The van der Waals surface area contributed by atoms with Gasteiger partial charge in [-0.25, -0.2) is 0 Å². The SMILES string of the molecule is c1ccc(-c2ccc(-c3cc(Nc4ccc5c(-c6cc7ccccc7c7ccccc67)cccc5c4)ccc3-c3ccccc3)cc2)cc1. The molecule has 0 atom stereocenters. The van der Waals surface area contributed by atoms with Gasteiger partial charge in [-0.3, -0.25) is 0 Å². The summed E-state index contributed by atoms with van der Waals surface area (Å²) >= 11 is 0. The number of fused-ring (bicyclic) bond motifs is 4. The average Bonchev–Trinajstić information content (AvgIpc) is 3.18. The van der Waals surface area contributed by atoms with Gasteiger partial charge in [0.05, 0.1) is 0 Å². The van der Waals surface area contributed by atoms with Gasteiger partial charge < -0.3 is 5.32 Å². The average molecular weight is 624 g/mol. The van der Waals surface area contributed by atoms with Gasteiger partial charge in [0.25, 0.3) is 0 Å². The minimum atomic E-state index is 1.05. The van der Waals surface area contributed by atoms with Crippen LogP contribution >= 0.6 is 0 Å². The lowest BCUT2D eigenvalue weighted by Gasteiger charge is -2.16. The molecule has 9 aromatic rings. The maximum Gasteiger partial charge on any atom is 0.0390 e. The lowest BCUT2D eigenvalue weighted by Crippen LogP contribution is -1.93. The summed E-state index contributed by atoms with van der Waals surface area (Å²) in [5.74, 6) is 0. The van der Waals surface area contributed by atoms with Gasteiger partial charge in [-0.2, -0.15) is 0 Å². The zero-order valence-corrected chi connectivity index (χ0v) is 27.0. The summed E-state index contributed by atoms with van der Waals surface area (Å²) in [4.78, 5) is 0. The maximum atomic E-state index is 3.74. The molecule has 0 bridgehead atoms. The van der Waals surface area contributed by atoms with Crippen molar-refractivity contribution in [2.24, 2.45) is 0 Å². The van der Waals surface area contributed by atoms with Crippen molar-refractivity contribution < 1.29 is 0 Å². The van der Waals surface area contributed by atoms with Crippen LogP contribution in [0.2, 0.25) is 0 Å². The molecule has 0 aliphatic heterocycles. The van der Waals surface area contributed by atoms with Crippen molar-refractivity contribution in [2.45, 2.75) is 0 Å². The fourth-order valence-electron chi connectivity index (χ4n) is 7.24. The molecule has 0 aliphatic carbocycles. The maximum absolute atomic E-state index is 3.74. The summed E-state index contributed by atoms with van der Waals surface area (Å²) in [5.41, 5.74) is 11.9. The Labute approximate surface area is 286 Å². The second-order valence-electron chi connectivity index (χ2n) is 12.6. The molecule has 0 saturated carbocycles. The third kappa shape index (κ3) is 5.42. The third-order valence-corrected chi connectivity index (χ3v) is 9.63. The van der Waals surface area contributed by atoms with Crippen LogP contribution in [0.4, 0.5) is 11.4 Å². The first kappa shape index (κ1) is 28.8. The molecule has 49 heavy (non-hydrogen) atoms. The first-order valence-electron chi connectivity index (χ1n) is 16.8. The van der Waals surface area contributed by atoms with E-state index in [9.17, 15) is 0 Å². The normalized spacial score (nSPS) is 11.3. The molecule has 0 saturated heterocycles. The van der Waals surface area contributed by atoms with Crippen molar-refractivity contribution in [1.82, 2.24) is 0 Å². The summed E-state index contributed by atoms with van der Waals surface area (Å²) in [6, 6.07) is 70.0. The number of hydrogen-bond acceptors (Lipinski definition) is 1. The fraction of sp³-hybridized carbons (Fsp3) is 0. The van der Waals surface area contributed by atoms with Crippen LogP contribution in [-0.4, -0.2) is 0 Å². The van der Waals surface area contributed by atoms with Gasteiger partial charge in [-0.1, -0.05) is 164 Å². The van der Waals surface area contributed by atoms with Crippen LogP contribution in [0.5, 0.6) is 0 Å². The van der Waals surface area contributed by atoms with E-state index in [0.717, 1.165) is 11.4 Å². The van der Waals surface area contributed by atoms with Crippen LogP contribution in [0.3, 0.4) is 0 Å². The Morgan fingerprint density at radius 1 is 0.245 bits per heavy atom. The summed E-state index contributed by atoms with van der Waals surface area (Å²) < 4.78 is 0. The Bertz CT molecular complexity index is 2600. The van der Waals surface area contributed by atoms with Crippen LogP contribution in [0.25, 0.3) is 76.8 Å². The van der Waals surface area contributed by atoms with E-state index in [4.69, 9.17) is 0 Å². The highest BCUT2D eigenvalue weighted by atomic mass is 14.9. The molecule has 0 aromatic heterocycles. The van der Waals surface area contributed by atoms with E-state index in [2.05, 4.69) is 199 Å². The predicted molar refractivity (Wildman–Crippen MR) is 210 cm³/mol. The Morgan fingerprint density at radius 3 is 1.59 bits per heavy atom. The van der Waals surface area contributed by atoms with Gasteiger partial charge in [-0.05, 0) is 107 Å². The second kappa shape index (κ2) is 12.3. The summed E-state index contributed by atoms with van der Waals surface area (Å²) in [7, 11) is 0. The molecule has 0 unspecified atom stereocenters. The third-order valence-electron chi connectivity index (χ3n) is 9.63.